The van der Waals surface area contributed by atoms with Crippen molar-refractivity contribution in [1.82, 2.24) is 9.88 Å². The monoisotopic (exact) mass is 390 g/mol. The molecule has 27 heavy (non-hydrogen) atoms. The SMILES string of the molecule is CC(C)OCCCNC(=O)[C@@H](C(=O)c1ccccc1)n1cc(Cl)ccc1=O. The highest BCUT2D eigenvalue weighted by Gasteiger charge is 2.30. The number of amides is 1. The van der Waals surface area contributed by atoms with Crippen LogP contribution in [-0.2, 0) is 9.53 Å². The average Bonchev–Trinajstić information content (AvgIpc) is 2.65. The normalized spacial score (nSPS) is 12.0. The lowest BCUT2D eigenvalue weighted by Crippen LogP contribution is -2.41. The Morgan fingerprint density at radius 2 is 1.85 bits per heavy atom. The Bertz CT molecular complexity index is 833. The van der Waals surface area contributed by atoms with Gasteiger partial charge in [-0.05, 0) is 26.3 Å². The largest absolute Gasteiger partial charge is 0.379 e. The van der Waals surface area contributed by atoms with Gasteiger partial charge in [0.05, 0.1) is 11.1 Å². The number of aromatic nitrogens is 1. The van der Waals surface area contributed by atoms with Gasteiger partial charge in [-0.15, -0.1) is 0 Å². The molecule has 6 nitrogen and oxygen atoms in total. The van der Waals surface area contributed by atoms with Crippen molar-refractivity contribution in [2.75, 3.05) is 13.2 Å². The molecule has 2 aromatic rings. The fourth-order valence-electron chi connectivity index (χ4n) is 2.51. The summed E-state index contributed by atoms with van der Waals surface area (Å²) in [4.78, 5) is 37.9. The third kappa shape index (κ3) is 6.05. The Hall–Kier alpha value is -2.44. The van der Waals surface area contributed by atoms with Gasteiger partial charge < -0.3 is 10.1 Å². The molecular weight excluding hydrogens is 368 g/mol. The van der Waals surface area contributed by atoms with E-state index in [1.807, 2.05) is 13.8 Å². The second-order valence-electron chi connectivity index (χ2n) is 6.29. The van der Waals surface area contributed by atoms with Crippen LogP contribution in [0.5, 0.6) is 0 Å². The second-order valence-corrected chi connectivity index (χ2v) is 6.73. The molecule has 7 heteroatoms. The summed E-state index contributed by atoms with van der Waals surface area (Å²) < 4.78 is 6.50. The van der Waals surface area contributed by atoms with Gasteiger partial charge in [-0.2, -0.15) is 0 Å². The molecule has 0 aliphatic heterocycles. The van der Waals surface area contributed by atoms with Crippen LogP contribution in [0.2, 0.25) is 5.02 Å². The molecule has 0 aliphatic rings. The van der Waals surface area contributed by atoms with Crippen LogP contribution in [-0.4, -0.2) is 35.5 Å². The lowest BCUT2D eigenvalue weighted by molar-refractivity contribution is -0.123. The number of hydrogen-bond acceptors (Lipinski definition) is 4. The summed E-state index contributed by atoms with van der Waals surface area (Å²) in [6.45, 7) is 4.68. The fraction of sp³-hybridized carbons (Fsp3) is 0.350. The molecule has 0 saturated carbocycles. The molecule has 0 aliphatic carbocycles. The van der Waals surface area contributed by atoms with Crippen LogP contribution in [0.4, 0.5) is 0 Å². The Morgan fingerprint density at radius 3 is 2.52 bits per heavy atom. The fourth-order valence-corrected chi connectivity index (χ4v) is 2.68. The quantitative estimate of drug-likeness (QED) is 0.405. The van der Waals surface area contributed by atoms with Crippen molar-refractivity contribution in [3.63, 3.8) is 0 Å². The van der Waals surface area contributed by atoms with Gasteiger partial charge in [-0.3, -0.25) is 19.0 Å². The number of pyridine rings is 1. The topological polar surface area (TPSA) is 77.4 Å². The summed E-state index contributed by atoms with van der Waals surface area (Å²) in [6.07, 6.45) is 2.01. The Labute approximate surface area is 163 Å². The minimum Gasteiger partial charge on any atom is -0.379 e. The number of benzene rings is 1. The summed E-state index contributed by atoms with van der Waals surface area (Å²) in [5.74, 6) is -1.03. The van der Waals surface area contributed by atoms with Crippen molar-refractivity contribution in [1.29, 1.82) is 0 Å². The number of nitrogens with one attached hydrogen (secondary N) is 1. The number of carbonyl (C=O) groups is 2. The van der Waals surface area contributed by atoms with E-state index in [0.29, 0.717) is 25.1 Å². The zero-order chi connectivity index (χ0) is 19.8. The molecule has 0 bridgehead atoms. The number of halogens is 1. The third-order valence-electron chi connectivity index (χ3n) is 3.81. The molecule has 1 N–H and O–H groups in total. The van der Waals surface area contributed by atoms with Gasteiger partial charge in [0, 0.05) is 31.0 Å². The van der Waals surface area contributed by atoms with Crippen LogP contribution >= 0.6 is 11.6 Å². The number of rotatable bonds is 9. The minimum atomic E-state index is -1.33. The van der Waals surface area contributed by atoms with E-state index in [2.05, 4.69) is 5.32 Å². The molecule has 0 radical (unpaired) electrons. The van der Waals surface area contributed by atoms with Gasteiger partial charge in [0.2, 0.25) is 0 Å². The highest BCUT2D eigenvalue weighted by Crippen LogP contribution is 2.16. The maximum Gasteiger partial charge on any atom is 0.251 e. The van der Waals surface area contributed by atoms with E-state index in [4.69, 9.17) is 16.3 Å². The van der Waals surface area contributed by atoms with Gasteiger partial charge in [0.25, 0.3) is 11.5 Å². The second kappa shape index (κ2) is 10.0. The first-order chi connectivity index (χ1) is 12.9. The van der Waals surface area contributed by atoms with E-state index in [0.717, 1.165) is 4.57 Å². The summed E-state index contributed by atoms with van der Waals surface area (Å²) in [5.41, 5.74) is -0.139. The number of carbonyl (C=O) groups excluding carboxylic acids is 2. The Morgan fingerprint density at radius 1 is 1.15 bits per heavy atom. The van der Waals surface area contributed by atoms with E-state index < -0.39 is 23.3 Å². The number of nitrogens with zero attached hydrogens (tertiary/aromatic N) is 1. The van der Waals surface area contributed by atoms with Crippen LogP contribution in [0.25, 0.3) is 0 Å². The van der Waals surface area contributed by atoms with Crippen molar-refractivity contribution in [2.24, 2.45) is 0 Å². The van der Waals surface area contributed by atoms with Crippen molar-refractivity contribution in [3.8, 4) is 0 Å². The van der Waals surface area contributed by atoms with Crippen molar-refractivity contribution in [2.45, 2.75) is 32.4 Å². The lowest BCUT2D eigenvalue weighted by atomic mass is 10.0. The molecule has 2 rings (SSSR count). The van der Waals surface area contributed by atoms with Gasteiger partial charge in [0.1, 0.15) is 0 Å². The van der Waals surface area contributed by atoms with Gasteiger partial charge in [0.15, 0.2) is 11.8 Å². The summed E-state index contributed by atoms with van der Waals surface area (Å²) in [5, 5.41) is 2.97. The summed E-state index contributed by atoms with van der Waals surface area (Å²) in [7, 11) is 0. The van der Waals surface area contributed by atoms with Crippen LogP contribution in [0.15, 0.2) is 53.5 Å². The molecule has 1 aromatic heterocycles. The van der Waals surface area contributed by atoms with E-state index >= 15 is 0 Å². The summed E-state index contributed by atoms with van der Waals surface area (Å²) in [6, 6.07) is 9.71. The first-order valence-corrected chi connectivity index (χ1v) is 9.14. The molecule has 1 atom stereocenters. The molecule has 1 heterocycles. The van der Waals surface area contributed by atoms with E-state index in [-0.39, 0.29) is 11.1 Å². The molecule has 144 valence electrons. The minimum absolute atomic E-state index is 0.109. The highest BCUT2D eigenvalue weighted by molar-refractivity contribution is 6.30. The number of hydrogen-bond donors (Lipinski definition) is 1. The number of Topliss-reactive ketones (excluding diaryl/α,β-unsaturated/α-hetero) is 1. The Kier molecular flexibility index (Phi) is 7.76. The number of ketones is 1. The van der Waals surface area contributed by atoms with E-state index in [9.17, 15) is 14.4 Å². The zero-order valence-electron chi connectivity index (χ0n) is 15.4. The van der Waals surface area contributed by atoms with Crippen LogP contribution in [0, 0.1) is 0 Å². The van der Waals surface area contributed by atoms with Crippen LogP contribution in [0.3, 0.4) is 0 Å². The predicted molar refractivity (Wildman–Crippen MR) is 104 cm³/mol. The highest BCUT2D eigenvalue weighted by atomic mass is 35.5. The lowest BCUT2D eigenvalue weighted by Gasteiger charge is -2.19. The Balaban J connectivity index is 2.22. The smallest absolute Gasteiger partial charge is 0.251 e. The molecule has 0 fully saturated rings. The average molecular weight is 391 g/mol. The standard InChI is InChI=1S/C20H23ClN2O4/c1-14(2)27-12-6-11-22-20(26)18(19(25)15-7-4-3-5-8-15)23-13-16(21)9-10-17(23)24/h3-5,7-10,13-14,18H,6,11-12H2,1-2H3,(H,22,26)/t18-/m1/s1. The zero-order valence-corrected chi connectivity index (χ0v) is 16.1. The van der Waals surface area contributed by atoms with E-state index in [1.54, 1.807) is 30.3 Å². The van der Waals surface area contributed by atoms with E-state index in [1.165, 1.54) is 18.3 Å². The summed E-state index contributed by atoms with van der Waals surface area (Å²) >= 11 is 5.97. The molecule has 0 spiro atoms. The molecular formula is C20H23ClN2O4. The maximum absolute atomic E-state index is 12.9. The van der Waals surface area contributed by atoms with Gasteiger partial charge in [-0.25, -0.2) is 0 Å². The first-order valence-electron chi connectivity index (χ1n) is 8.76. The van der Waals surface area contributed by atoms with Crippen molar-refractivity contribution in [3.05, 3.63) is 69.6 Å². The molecule has 0 saturated heterocycles. The molecule has 1 aromatic carbocycles. The van der Waals surface area contributed by atoms with Crippen LogP contribution in [0.1, 0.15) is 36.7 Å². The first kappa shape index (κ1) is 20.9. The molecule has 0 unspecified atom stereocenters. The van der Waals surface area contributed by atoms with Gasteiger partial charge >= 0.3 is 0 Å². The van der Waals surface area contributed by atoms with Crippen molar-refractivity contribution < 1.29 is 14.3 Å². The number of ether oxygens (including phenoxy) is 1. The molecule has 1 amide bonds. The van der Waals surface area contributed by atoms with Gasteiger partial charge in [-0.1, -0.05) is 41.9 Å². The van der Waals surface area contributed by atoms with Crippen LogP contribution < -0.4 is 10.9 Å². The van der Waals surface area contributed by atoms with Crippen molar-refractivity contribution >= 4 is 23.3 Å². The predicted octanol–water partition coefficient (Wildman–Crippen LogP) is 2.86. The third-order valence-corrected chi connectivity index (χ3v) is 4.03. The maximum atomic E-state index is 12.9.